The Kier molecular flexibility index (Phi) is 5.96. The summed E-state index contributed by atoms with van der Waals surface area (Å²) in [5, 5.41) is 2.82. The Balaban J connectivity index is 1.86. The summed E-state index contributed by atoms with van der Waals surface area (Å²) in [6.45, 7) is 4.45. The smallest absolute Gasteiger partial charge is 0.383 e. The second-order valence-corrected chi connectivity index (χ2v) is 7.49. The number of rotatable bonds is 5. The van der Waals surface area contributed by atoms with Crippen LogP contribution >= 0.6 is 0 Å². The predicted octanol–water partition coefficient (Wildman–Crippen LogP) is 4.43. The van der Waals surface area contributed by atoms with E-state index < -0.39 is 24.0 Å². The van der Waals surface area contributed by atoms with Gasteiger partial charge in [0.15, 0.2) is 0 Å². The molecule has 0 spiro atoms. The number of carbonyl (C=O) groups excluding carboxylic acids is 1. The maximum atomic E-state index is 12.7. The monoisotopic (exact) mass is 416 g/mol. The lowest BCUT2D eigenvalue weighted by Gasteiger charge is -2.20. The molecule has 2 unspecified atom stereocenters. The standard InChI is InChI=1S/C22H23F3N4O/c1-12-5-4-8-27-19(12)15-6-7-18-16(10-15)11-17(20(26)29-18)9-13(2)21(30)28-14(3)22(23,24)25/h4-8,10-11,13-14H,9H2,1-3H3,(H2,26,29)(H,28,30). The average Bonchev–Trinajstić information content (AvgIpc) is 2.67. The number of aryl methyl sites for hydroxylation is 1. The van der Waals surface area contributed by atoms with E-state index in [-0.39, 0.29) is 12.2 Å². The van der Waals surface area contributed by atoms with Crippen LogP contribution < -0.4 is 11.1 Å². The minimum atomic E-state index is -4.49. The fraction of sp³-hybridized carbons (Fsp3) is 0.318. The van der Waals surface area contributed by atoms with Gasteiger partial charge in [-0.25, -0.2) is 4.98 Å². The van der Waals surface area contributed by atoms with Crippen LogP contribution in [0, 0.1) is 12.8 Å². The molecule has 0 saturated heterocycles. The Hall–Kier alpha value is -3.16. The van der Waals surface area contributed by atoms with Crippen LogP contribution in [0.5, 0.6) is 0 Å². The molecular weight excluding hydrogens is 393 g/mol. The maximum Gasteiger partial charge on any atom is 0.408 e. The number of alkyl halides is 3. The summed E-state index contributed by atoms with van der Waals surface area (Å²) in [6, 6.07) is 9.46. The van der Waals surface area contributed by atoms with E-state index in [0.717, 1.165) is 29.1 Å². The van der Waals surface area contributed by atoms with Crippen LogP contribution in [0.3, 0.4) is 0 Å². The molecule has 1 aromatic carbocycles. The first-order chi connectivity index (χ1) is 14.1. The zero-order valence-corrected chi connectivity index (χ0v) is 16.9. The second-order valence-electron chi connectivity index (χ2n) is 7.49. The number of carbonyl (C=O) groups is 1. The average molecular weight is 416 g/mol. The number of benzene rings is 1. The van der Waals surface area contributed by atoms with E-state index in [9.17, 15) is 18.0 Å². The number of anilines is 1. The maximum absolute atomic E-state index is 12.7. The highest BCUT2D eigenvalue weighted by atomic mass is 19.4. The summed E-state index contributed by atoms with van der Waals surface area (Å²) in [5.41, 5.74) is 10.2. The number of nitrogen functional groups attached to an aromatic ring is 1. The molecule has 1 amide bonds. The number of nitrogens with one attached hydrogen (secondary N) is 1. The third-order valence-electron chi connectivity index (χ3n) is 5.03. The van der Waals surface area contributed by atoms with Gasteiger partial charge in [0.2, 0.25) is 5.91 Å². The summed E-state index contributed by atoms with van der Waals surface area (Å²) in [4.78, 5) is 21.0. The molecule has 3 rings (SSSR count). The Morgan fingerprint density at radius 3 is 2.60 bits per heavy atom. The van der Waals surface area contributed by atoms with Crippen molar-refractivity contribution in [3.8, 4) is 11.3 Å². The Morgan fingerprint density at radius 1 is 1.20 bits per heavy atom. The van der Waals surface area contributed by atoms with E-state index in [1.54, 1.807) is 13.1 Å². The highest BCUT2D eigenvalue weighted by Gasteiger charge is 2.37. The zero-order valence-electron chi connectivity index (χ0n) is 16.9. The lowest BCUT2D eigenvalue weighted by molar-refractivity contribution is -0.159. The molecule has 0 saturated carbocycles. The van der Waals surface area contributed by atoms with Gasteiger partial charge in [0, 0.05) is 23.1 Å². The van der Waals surface area contributed by atoms with Gasteiger partial charge in [-0.15, -0.1) is 0 Å². The number of fused-ring (bicyclic) bond motifs is 1. The molecule has 8 heteroatoms. The van der Waals surface area contributed by atoms with Gasteiger partial charge < -0.3 is 11.1 Å². The molecule has 0 aliphatic carbocycles. The molecule has 3 aromatic rings. The van der Waals surface area contributed by atoms with Crippen LogP contribution in [-0.4, -0.2) is 28.1 Å². The number of aromatic nitrogens is 2. The van der Waals surface area contributed by atoms with Crippen molar-refractivity contribution in [2.45, 2.75) is 39.4 Å². The Labute approximate surface area is 172 Å². The van der Waals surface area contributed by atoms with E-state index in [1.807, 2.05) is 48.6 Å². The van der Waals surface area contributed by atoms with Crippen molar-refractivity contribution in [3.63, 3.8) is 0 Å². The molecule has 0 radical (unpaired) electrons. The molecule has 158 valence electrons. The minimum Gasteiger partial charge on any atom is -0.383 e. The quantitative estimate of drug-likeness (QED) is 0.645. The van der Waals surface area contributed by atoms with Crippen LogP contribution in [0.2, 0.25) is 0 Å². The molecular formula is C22H23F3N4O. The molecule has 0 aliphatic rings. The van der Waals surface area contributed by atoms with Gasteiger partial charge in [-0.3, -0.25) is 9.78 Å². The number of nitrogens with two attached hydrogens (primary N) is 1. The molecule has 0 bridgehead atoms. The van der Waals surface area contributed by atoms with E-state index in [0.29, 0.717) is 11.1 Å². The summed E-state index contributed by atoms with van der Waals surface area (Å²) >= 11 is 0. The second kappa shape index (κ2) is 8.30. The van der Waals surface area contributed by atoms with Crippen LogP contribution in [0.25, 0.3) is 22.2 Å². The topological polar surface area (TPSA) is 80.9 Å². The molecule has 30 heavy (non-hydrogen) atoms. The third-order valence-corrected chi connectivity index (χ3v) is 5.03. The molecule has 2 aromatic heterocycles. The summed E-state index contributed by atoms with van der Waals surface area (Å²) < 4.78 is 38.1. The Morgan fingerprint density at radius 2 is 1.93 bits per heavy atom. The van der Waals surface area contributed by atoms with Crippen molar-refractivity contribution in [1.82, 2.24) is 15.3 Å². The Bertz CT molecular complexity index is 1080. The molecule has 2 heterocycles. The zero-order chi connectivity index (χ0) is 22.1. The van der Waals surface area contributed by atoms with Crippen molar-refractivity contribution in [1.29, 1.82) is 0 Å². The van der Waals surface area contributed by atoms with Crippen molar-refractivity contribution in [2.24, 2.45) is 5.92 Å². The van der Waals surface area contributed by atoms with Crippen LogP contribution in [-0.2, 0) is 11.2 Å². The minimum absolute atomic E-state index is 0.179. The first-order valence-electron chi connectivity index (χ1n) is 9.54. The summed E-state index contributed by atoms with van der Waals surface area (Å²) in [7, 11) is 0. The highest BCUT2D eigenvalue weighted by Crippen LogP contribution is 2.27. The van der Waals surface area contributed by atoms with Crippen LogP contribution in [0.1, 0.15) is 25.0 Å². The first-order valence-corrected chi connectivity index (χ1v) is 9.54. The summed E-state index contributed by atoms with van der Waals surface area (Å²) in [5.74, 6) is -1.12. The summed E-state index contributed by atoms with van der Waals surface area (Å²) in [6.07, 6.45) is -2.58. The number of amides is 1. The van der Waals surface area contributed by atoms with Gasteiger partial charge in [0.25, 0.3) is 0 Å². The van der Waals surface area contributed by atoms with Crippen molar-refractivity contribution in [3.05, 3.63) is 53.7 Å². The van der Waals surface area contributed by atoms with Gasteiger partial charge in [0.1, 0.15) is 11.9 Å². The van der Waals surface area contributed by atoms with Crippen molar-refractivity contribution in [2.75, 3.05) is 5.73 Å². The largest absolute Gasteiger partial charge is 0.408 e. The third kappa shape index (κ3) is 4.69. The molecule has 3 N–H and O–H groups in total. The van der Waals surface area contributed by atoms with Crippen LogP contribution in [0.15, 0.2) is 42.6 Å². The number of pyridine rings is 2. The van der Waals surface area contributed by atoms with Crippen LogP contribution in [0.4, 0.5) is 19.0 Å². The predicted molar refractivity (Wildman–Crippen MR) is 111 cm³/mol. The van der Waals surface area contributed by atoms with E-state index in [1.165, 1.54) is 0 Å². The molecule has 0 fully saturated rings. The van der Waals surface area contributed by atoms with Crippen molar-refractivity contribution >= 4 is 22.6 Å². The van der Waals surface area contributed by atoms with Gasteiger partial charge in [-0.2, -0.15) is 13.2 Å². The fourth-order valence-corrected chi connectivity index (χ4v) is 3.19. The van der Waals surface area contributed by atoms with E-state index >= 15 is 0 Å². The normalized spacial score (nSPS) is 13.8. The van der Waals surface area contributed by atoms with E-state index in [4.69, 9.17) is 5.73 Å². The van der Waals surface area contributed by atoms with E-state index in [2.05, 4.69) is 9.97 Å². The number of nitrogens with zero attached hydrogens (tertiary/aromatic N) is 2. The van der Waals surface area contributed by atoms with Gasteiger partial charge >= 0.3 is 6.18 Å². The molecule has 5 nitrogen and oxygen atoms in total. The lowest BCUT2D eigenvalue weighted by atomic mass is 9.98. The highest BCUT2D eigenvalue weighted by molar-refractivity contribution is 5.86. The molecule has 2 atom stereocenters. The lowest BCUT2D eigenvalue weighted by Crippen LogP contribution is -2.45. The number of halogens is 3. The molecule has 0 aliphatic heterocycles. The van der Waals surface area contributed by atoms with Crippen molar-refractivity contribution < 1.29 is 18.0 Å². The van der Waals surface area contributed by atoms with Gasteiger partial charge in [-0.05, 0) is 55.7 Å². The van der Waals surface area contributed by atoms with Gasteiger partial charge in [0.05, 0.1) is 11.2 Å². The fourth-order valence-electron chi connectivity index (χ4n) is 3.19. The first kappa shape index (κ1) is 21.5. The van der Waals surface area contributed by atoms with Gasteiger partial charge in [-0.1, -0.05) is 19.1 Å². The SMILES string of the molecule is Cc1cccnc1-c1ccc2nc(N)c(CC(C)C(=O)NC(C)C(F)(F)F)cc2c1. The number of hydrogen-bond donors (Lipinski definition) is 2. The number of hydrogen-bond acceptors (Lipinski definition) is 4.